The van der Waals surface area contributed by atoms with Crippen LogP contribution in [0.1, 0.15) is 30.4 Å². The molecule has 0 spiro atoms. The number of carboxylic acids is 1. The van der Waals surface area contributed by atoms with E-state index in [1.807, 2.05) is 42.5 Å². The molecule has 2 aliphatic rings. The van der Waals surface area contributed by atoms with Crippen molar-refractivity contribution < 1.29 is 24.2 Å². The van der Waals surface area contributed by atoms with Crippen molar-refractivity contribution in [3.8, 4) is 0 Å². The molecule has 1 N–H and O–H groups in total. The normalized spacial score (nSPS) is 25.1. The molecule has 1 amide bonds. The van der Waals surface area contributed by atoms with Crippen molar-refractivity contribution in [2.24, 2.45) is 11.8 Å². The maximum Gasteiger partial charge on any atom is 0.410 e. The van der Waals surface area contributed by atoms with Crippen molar-refractivity contribution in [1.82, 2.24) is 9.88 Å². The lowest BCUT2D eigenvalue weighted by molar-refractivity contribution is -0.156. The van der Waals surface area contributed by atoms with Crippen LogP contribution >= 0.6 is 15.9 Å². The van der Waals surface area contributed by atoms with E-state index in [2.05, 4.69) is 20.9 Å². The summed E-state index contributed by atoms with van der Waals surface area (Å²) in [5.74, 6) is -0.445. The van der Waals surface area contributed by atoms with E-state index in [1.54, 1.807) is 11.1 Å². The summed E-state index contributed by atoms with van der Waals surface area (Å²) in [5.41, 5.74) is 1.08. The molecule has 2 aromatic rings. The molecular formula is C23H25BrN2O5. The Kier molecular flexibility index (Phi) is 6.57. The molecule has 3 atom stereocenters. The van der Waals surface area contributed by atoms with Gasteiger partial charge in [-0.3, -0.25) is 0 Å². The van der Waals surface area contributed by atoms with Gasteiger partial charge in [0.05, 0.1) is 5.60 Å². The molecule has 1 aliphatic carbocycles. The second-order valence-corrected chi connectivity index (χ2v) is 8.98. The van der Waals surface area contributed by atoms with E-state index >= 15 is 0 Å². The SMILES string of the molecule is O=C(O)COC1(c2cccnc2Br)CCC2CN(C(=O)OCc3ccccc3)CC2C1. The quantitative estimate of drug-likeness (QED) is 0.612. The van der Waals surface area contributed by atoms with Crippen molar-refractivity contribution in [2.45, 2.75) is 31.5 Å². The number of hydrogen-bond acceptors (Lipinski definition) is 5. The van der Waals surface area contributed by atoms with Crippen LogP contribution in [0.15, 0.2) is 53.3 Å². The summed E-state index contributed by atoms with van der Waals surface area (Å²) in [6.07, 6.45) is 3.53. The Morgan fingerprint density at radius 3 is 2.68 bits per heavy atom. The number of amides is 1. The minimum atomic E-state index is -1.00. The maximum absolute atomic E-state index is 12.6. The van der Waals surface area contributed by atoms with Crippen molar-refractivity contribution in [3.05, 3.63) is 64.4 Å². The number of likely N-dealkylation sites (tertiary alicyclic amines) is 1. The molecule has 1 aromatic heterocycles. The van der Waals surface area contributed by atoms with Crippen LogP contribution < -0.4 is 0 Å². The van der Waals surface area contributed by atoms with E-state index in [0.717, 1.165) is 17.5 Å². The van der Waals surface area contributed by atoms with Crippen LogP contribution in [0.3, 0.4) is 0 Å². The van der Waals surface area contributed by atoms with Gasteiger partial charge in [-0.05, 0) is 58.7 Å². The molecular weight excluding hydrogens is 464 g/mol. The fraction of sp³-hybridized carbons (Fsp3) is 0.435. The Labute approximate surface area is 189 Å². The number of nitrogens with zero attached hydrogens (tertiary/aromatic N) is 2. The molecule has 1 saturated heterocycles. The first-order chi connectivity index (χ1) is 15.0. The summed E-state index contributed by atoms with van der Waals surface area (Å²) in [5, 5.41) is 9.21. The van der Waals surface area contributed by atoms with Gasteiger partial charge in [-0.1, -0.05) is 36.4 Å². The van der Waals surface area contributed by atoms with Crippen LogP contribution in [-0.2, 0) is 26.5 Å². The minimum absolute atomic E-state index is 0.207. The Morgan fingerprint density at radius 1 is 1.16 bits per heavy atom. The number of rotatable bonds is 6. The van der Waals surface area contributed by atoms with E-state index in [4.69, 9.17) is 9.47 Å². The molecule has 1 aromatic carbocycles. The number of halogens is 1. The topological polar surface area (TPSA) is 89.0 Å². The first kappa shape index (κ1) is 21.8. The minimum Gasteiger partial charge on any atom is -0.480 e. The molecule has 1 aliphatic heterocycles. The Bertz CT molecular complexity index is 941. The Hall–Kier alpha value is -2.45. The highest BCUT2D eigenvalue weighted by Gasteiger charge is 2.48. The van der Waals surface area contributed by atoms with Crippen LogP contribution in [0.4, 0.5) is 4.79 Å². The first-order valence-corrected chi connectivity index (χ1v) is 11.2. The van der Waals surface area contributed by atoms with Gasteiger partial charge in [0, 0.05) is 24.8 Å². The van der Waals surface area contributed by atoms with E-state index in [1.165, 1.54) is 0 Å². The number of hydrogen-bond donors (Lipinski definition) is 1. The molecule has 1 saturated carbocycles. The Balaban J connectivity index is 1.45. The van der Waals surface area contributed by atoms with Crippen molar-refractivity contribution in [1.29, 1.82) is 0 Å². The lowest BCUT2D eigenvalue weighted by atomic mass is 9.70. The number of ether oxygens (including phenoxy) is 2. The van der Waals surface area contributed by atoms with Crippen molar-refractivity contribution >= 4 is 28.0 Å². The standard InChI is InChI=1S/C23H25BrN2O5/c24-21-19(7-4-10-25-21)23(31-15-20(27)28)9-8-17-12-26(13-18(17)11-23)22(29)30-14-16-5-2-1-3-6-16/h1-7,10,17-18H,8-9,11-15H2,(H,27,28). The van der Waals surface area contributed by atoms with Crippen molar-refractivity contribution in [2.75, 3.05) is 19.7 Å². The van der Waals surface area contributed by atoms with Crippen LogP contribution in [-0.4, -0.2) is 46.7 Å². The van der Waals surface area contributed by atoms with E-state index in [0.29, 0.717) is 36.5 Å². The lowest BCUT2D eigenvalue weighted by Crippen LogP contribution is -2.40. The maximum atomic E-state index is 12.6. The van der Waals surface area contributed by atoms with E-state index in [-0.39, 0.29) is 25.2 Å². The third-order valence-electron chi connectivity index (χ3n) is 6.27. The highest BCUT2D eigenvalue weighted by Crippen LogP contribution is 2.49. The zero-order valence-electron chi connectivity index (χ0n) is 17.1. The van der Waals surface area contributed by atoms with Gasteiger partial charge in [-0.15, -0.1) is 0 Å². The average Bonchev–Trinajstić information content (AvgIpc) is 3.20. The highest BCUT2D eigenvalue weighted by atomic mass is 79.9. The first-order valence-electron chi connectivity index (χ1n) is 10.4. The lowest BCUT2D eigenvalue weighted by Gasteiger charge is -2.42. The van der Waals surface area contributed by atoms with Gasteiger partial charge in [0.1, 0.15) is 17.8 Å². The average molecular weight is 489 g/mol. The Morgan fingerprint density at radius 2 is 1.94 bits per heavy atom. The fourth-order valence-corrected chi connectivity index (χ4v) is 5.39. The number of pyridine rings is 1. The molecule has 2 fully saturated rings. The number of aromatic nitrogens is 1. The van der Waals surface area contributed by atoms with Gasteiger partial charge in [-0.25, -0.2) is 14.6 Å². The van der Waals surface area contributed by atoms with Gasteiger partial charge >= 0.3 is 12.1 Å². The monoisotopic (exact) mass is 488 g/mol. The van der Waals surface area contributed by atoms with E-state index in [9.17, 15) is 14.7 Å². The van der Waals surface area contributed by atoms with Crippen molar-refractivity contribution in [3.63, 3.8) is 0 Å². The summed E-state index contributed by atoms with van der Waals surface area (Å²) >= 11 is 3.50. The molecule has 31 heavy (non-hydrogen) atoms. The van der Waals surface area contributed by atoms with Crippen LogP contribution in [0, 0.1) is 11.8 Å². The largest absolute Gasteiger partial charge is 0.480 e. The van der Waals surface area contributed by atoms with Crippen LogP contribution in [0.2, 0.25) is 0 Å². The summed E-state index contributed by atoms with van der Waals surface area (Å²) < 4.78 is 12.2. The fourth-order valence-electron chi connectivity index (χ4n) is 4.78. The van der Waals surface area contributed by atoms with Gasteiger partial charge in [0.25, 0.3) is 0 Å². The number of fused-ring (bicyclic) bond motifs is 1. The van der Waals surface area contributed by atoms with E-state index < -0.39 is 11.6 Å². The second kappa shape index (κ2) is 9.36. The predicted octanol–water partition coefficient (Wildman–Crippen LogP) is 4.21. The number of aliphatic carboxylic acids is 1. The summed E-state index contributed by atoms with van der Waals surface area (Å²) in [6.45, 7) is 1.11. The number of carbonyl (C=O) groups excluding carboxylic acids is 1. The molecule has 7 nitrogen and oxygen atoms in total. The number of carboxylic acid groups (broad SMARTS) is 1. The second-order valence-electron chi connectivity index (χ2n) is 8.23. The number of carbonyl (C=O) groups is 2. The molecule has 164 valence electrons. The van der Waals surface area contributed by atoms with Gasteiger partial charge in [-0.2, -0.15) is 0 Å². The van der Waals surface area contributed by atoms with Gasteiger partial charge in [0.2, 0.25) is 0 Å². The third-order valence-corrected chi connectivity index (χ3v) is 6.90. The van der Waals surface area contributed by atoms with Crippen LogP contribution in [0.5, 0.6) is 0 Å². The van der Waals surface area contributed by atoms with Gasteiger partial charge in [0.15, 0.2) is 0 Å². The summed E-state index contributed by atoms with van der Waals surface area (Å²) in [4.78, 5) is 30.0. The molecule has 4 rings (SSSR count). The third kappa shape index (κ3) is 4.91. The summed E-state index contributed by atoms with van der Waals surface area (Å²) in [7, 11) is 0. The smallest absolute Gasteiger partial charge is 0.410 e. The molecule has 2 heterocycles. The zero-order chi connectivity index (χ0) is 21.8. The predicted molar refractivity (Wildman–Crippen MR) is 116 cm³/mol. The van der Waals surface area contributed by atoms with Crippen LogP contribution in [0.25, 0.3) is 0 Å². The molecule has 8 heteroatoms. The molecule has 0 radical (unpaired) electrons. The molecule has 3 unspecified atom stereocenters. The molecule has 0 bridgehead atoms. The zero-order valence-corrected chi connectivity index (χ0v) is 18.7. The number of benzene rings is 1. The summed E-state index contributed by atoms with van der Waals surface area (Å²) in [6, 6.07) is 13.4. The highest BCUT2D eigenvalue weighted by molar-refractivity contribution is 9.10. The van der Waals surface area contributed by atoms with Gasteiger partial charge < -0.3 is 19.5 Å².